The number of anilines is 1. The smallest absolute Gasteiger partial charge is 0.260 e. The highest BCUT2D eigenvalue weighted by Gasteiger charge is 2.61. The molecule has 1 aliphatic rings. The van der Waals surface area contributed by atoms with Crippen molar-refractivity contribution in [2.45, 2.75) is 26.2 Å². The van der Waals surface area contributed by atoms with Gasteiger partial charge in [-0.1, -0.05) is 6.07 Å². The van der Waals surface area contributed by atoms with Crippen LogP contribution in [0.1, 0.15) is 24.5 Å². The van der Waals surface area contributed by atoms with E-state index in [1.165, 1.54) is 0 Å². The van der Waals surface area contributed by atoms with Crippen LogP contribution in [0.3, 0.4) is 0 Å². The first-order valence-corrected chi connectivity index (χ1v) is 6.95. The summed E-state index contributed by atoms with van der Waals surface area (Å²) in [5, 5.41) is 2.52. The molecule has 1 aromatic carbocycles. The zero-order valence-corrected chi connectivity index (χ0v) is 12.8. The van der Waals surface area contributed by atoms with Crippen LogP contribution >= 0.6 is 0 Å². The summed E-state index contributed by atoms with van der Waals surface area (Å²) in [6.45, 7) is 3.71. The maximum atomic E-state index is 12.9. The Kier molecular flexibility index (Phi) is 4.30. The van der Waals surface area contributed by atoms with Gasteiger partial charge in [0.1, 0.15) is 5.92 Å². The van der Waals surface area contributed by atoms with Gasteiger partial charge in [-0.15, -0.1) is 0 Å². The summed E-state index contributed by atoms with van der Waals surface area (Å²) in [5.41, 5.74) is 9.43. The minimum atomic E-state index is -2.87. The van der Waals surface area contributed by atoms with Gasteiger partial charge in [-0.25, -0.2) is 8.78 Å². The third-order valence-electron chi connectivity index (χ3n) is 3.68. The van der Waals surface area contributed by atoms with Crippen molar-refractivity contribution < 1.29 is 13.6 Å². The molecule has 1 aromatic rings. The Morgan fingerprint density at radius 2 is 2.14 bits per heavy atom. The van der Waals surface area contributed by atoms with Crippen LogP contribution in [0.2, 0.25) is 0 Å². The molecule has 22 heavy (non-hydrogen) atoms. The van der Waals surface area contributed by atoms with E-state index >= 15 is 0 Å². The number of alkyl halides is 2. The molecule has 1 amide bonds. The molecule has 1 fully saturated rings. The van der Waals surface area contributed by atoms with Gasteiger partial charge in [0.2, 0.25) is 5.91 Å². The lowest BCUT2D eigenvalue weighted by atomic mass is 10.0. The SMILES string of the molecule is CN=C(C)/C=C(\N)c1cc(NC(=O)C2CC2(F)F)ccc1C. The summed E-state index contributed by atoms with van der Waals surface area (Å²) in [5.74, 6) is -4.75. The van der Waals surface area contributed by atoms with E-state index in [-0.39, 0.29) is 6.42 Å². The van der Waals surface area contributed by atoms with Crippen molar-refractivity contribution in [2.75, 3.05) is 12.4 Å². The maximum Gasteiger partial charge on any atom is 0.260 e. The van der Waals surface area contributed by atoms with E-state index in [4.69, 9.17) is 5.73 Å². The Morgan fingerprint density at radius 1 is 1.50 bits per heavy atom. The van der Waals surface area contributed by atoms with Gasteiger partial charge in [-0.05, 0) is 37.6 Å². The topological polar surface area (TPSA) is 67.5 Å². The Morgan fingerprint density at radius 3 is 2.68 bits per heavy atom. The van der Waals surface area contributed by atoms with Gasteiger partial charge in [0, 0.05) is 36.1 Å². The second-order valence-corrected chi connectivity index (χ2v) is 5.50. The normalized spacial score (nSPS) is 20.7. The molecule has 3 N–H and O–H groups in total. The van der Waals surface area contributed by atoms with Gasteiger partial charge in [0.15, 0.2) is 0 Å². The lowest BCUT2D eigenvalue weighted by Gasteiger charge is -2.11. The third-order valence-corrected chi connectivity index (χ3v) is 3.68. The average Bonchev–Trinajstić information content (AvgIpc) is 3.09. The molecule has 1 aliphatic carbocycles. The molecule has 6 heteroatoms. The molecule has 0 aromatic heterocycles. The van der Waals surface area contributed by atoms with Crippen LogP contribution < -0.4 is 11.1 Å². The molecule has 1 saturated carbocycles. The molecule has 0 spiro atoms. The molecule has 2 rings (SSSR count). The average molecular weight is 307 g/mol. The van der Waals surface area contributed by atoms with E-state index in [0.717, 1.165) is 16.8 Å². The minimum absolute atomic E-state index is 0.383. The number of aryl methyl sites for hydroxylation is 1. The molecule has 0 aliphatic heterocycles. The number of carbonyl (C=O) groups is 1. The summed E-state index contributed by atoms with van der Waals surface area (Å²) in [6, 6.07) is 5.14. The molecule has 0 heterocycles. The first-order chi connectivity index (χ1) is 10.2. The fraction of sp³-hybridized carbons (Fsp3) is 0.375. The van der Waals surface area contributed by atoms with Crippen LogP contribution in [0.4, 0.5) is 14.5 Å². The molecule has 1 unspecified atom stereocenters. The second kappa shape index (κ2) is 5.87. The van der Waals surface area contributed by atoms with Crippen LogP contribution in [0, 0.1) is 12.8 Å². The van der Waals surface area contributed by atoms with Crippen molar-refractivity contribution in [3.63, 3.8) is 0 Å². The zero-order valence-electron chi connectivity index (χ0n) is 12.8. The monoisotopic (exact) mass is 307 g/mol. The number of carbonyl (C=O) groups excluding carboxylic acids is 1. The van der Waals surface area contributed by atoms with Crippen molar-refractivity contribution >= 4 is 23.0 Å². The first kappa shape index (κ1) is 16.1. The Balaban J connectivity index is 2.20. The standard InChI is InChI=1S/C16H19F2N3O/c1-9-4-5-11(21-15(22)13-8-16(13,17)18)7-12(9)14(19)6-10(2)20-3/h4-7,13H,8,19H2,1-3H3,(H,21,22)/b14-6-,20-10?. The summed E-state index contributed by atoms with van der Waals surface area (Å²) in [6.07, 6.45) is 1.34. The summed E-state index contributed by atoms with van der Waals surface area (Å²) in [4.78, 5) is 15.7. The zero-order chi connectivity index (χ0) is 16.5. The van der Waals surface area contributed by atoms with E-state index < -0.39 is 17.7 Å². The summed E-state index contributed by atoms with van der Waals surface area (Å²) >= 11 is 0. The number of nitrogens with two attached hydrogens (primary N) is 1. The van der Waals surface area contributed by atoms with Crippen LogP contribution in [0.5, 0.6) is 0 Å². The van der Waals surface area contributed by atoms with Crippen molar-refractivity contribution in [1.29, 1.82) is 0 Å². The lowest BCUT2D eigenvalue weighted by molar-refractivity contribution is -0.119. The first-order valence-electron chi connectivity index (χ1n) is 6.95. The van der Waals surface area contributed by atoms with Gasteiger partial charge < -0.3 is 11.1 Å². The van der Waals surface area contributed by atoms with Crippen molar-refractivity contribution in [1.82, 2.24) is 0 Å². The molecule has 0 radical (unpaired) electrons. The van der Waals surface area contributed by atoms with Gasteiger partial charge in [0.25, 0.3) is 5.92 Å². The van der Waals surface area contributed by atoms with E-state index in [2.05, 4.69) is 10.3 Å². The highest BCUT2D eigenvalue weighted by molar-refractivity contribution is 5.99. The molecule has 0 bridgehead atoms. The molecule has 118 valence electrons. The fourth-order valence-corrected chi connectivity index (χ4v) is 2.11. The maximum absolute atomic E-state index is 12.9. The number of rotatable bonds is 4. The fourth-order valence-electron chi connectivity index (χ4n) is 2.11. The Hall–Kier alpha value is -2.24. The largest absolute Gasteiger partial charge is 0.398 e. The van der Waals surface area contributed by atoms with Gasteiger partial charge in [0.05, 0.1) is 0 Å². The van der Waals surface area contributed by atoms with E-state index in [1.807, 2.05) is 13.8 Å². The minimum Gasteiger partial charge on any atom is -0.398 e. The van der Waals surface area contributed by atoms with Crippen LogP contribution in [0.25, 0.3) is 5.70 Å². The summed E-state index contributed by atoms with van der Waals surface area (Å²) in [7, 11) is 1.67. The highest BCUT2D eigenvalue weighted by Crippen LogP contribution is 2.49. The predicted octanol–water partition coefficient (Wildman–Crippen LogP) is 2.98. The predicted molar refractivity (Wildman–Crippen MR) is 84.1 cm³/mol. The number of hydrogen-bond donors (Lipinski definition) is 2. The number of nitrogens with zero attached hydrogens (tertiary/aromatic N) is 1. The van der Waals surface area contributed by atoms with Crippen LogP contribution in [0.15, 0.2) is 29.3 Å². The highest BCUT2D eigenvalue weighted by atomic mass is 19.3. The van der Waals surface area contributed by atoms with Gasteiger partial charge in [-0.2, -0.15) is 0 Å². The van der Waals surface area contributed by atoms with E-state index in [9.17, 15) is 13.6 Å². The third kappa shape index (κ3) is 3.50. The molecule has 0 saturated heterocycles. The molecule has 1 atom stereocenters. The van der Waals surface area contributed by atoms with Crippen molar-refractivity contribution in [3.05, 3.63) is 35.4 Å². The van der Waals surface area contributed by atoms with Crippen molar-refractivity contribution in [3.8, 4) is 0 Å². The lowest BCUT2D eigenvalue weighted by Crippen LogP contribution is -2.17. The van der Waals surface area contributed by atoms with Gasteiger partial charge >= 0.3 is 0 Å². The number of hydrogen-bond acceptors (Lipinski definition) is 3. The van der Waals surface area contributed by atoms with E-state index in [0.29, 0.717) is 11.4 Å². The second-order valence-electron chi connectivity index (χ2n) is 5.50. The Bertz CT molecular complexity index is 665. The number of benzene rings is 1. The number of aliphatic imine (C=N–C) groups is 1. The van der Waals surface area contributed by atoms with Crippen LogP contribution in [-0.4, -0.2) is 24.6 Å². The quantitative estimate of drug-likeness (QED) is 0.840. The van der Waals surface area contributed by atoms with Crippen molar-refractivity contribution in [2.24, 2.45) is 16.6 Å². The van der Waals surface area contributed by atoms with Gasteiger partial charge in [-0.3, -0.25) is 9.79 Å². The number of amides is 1. The number of nitrogens with one attached hydrogen (secondary N) is 1. The summed E-state index contributed by atoms with van der Waals surface area (Å²) < 4.78 is 25.8. The number of allylic oxidation sites excluding steroid dienone is 1. The molecular weight excluding hydrogens is 288 g/mol. The Labute approximate surface area is 128 Å². The number of halogens is 2. The molecule has 4 nitrogen and oxygen atoms in total. The molecular formula is C16H19F2N3O. The van der Waals surface area contributed by atoms with Crippen LogP contribution in [-0.2, 0) is 4.79 Å². The van der Waals surface area contributed by atoms with E-state index in [1.54, 1.807) is 31.3 Å².